The maximum Gasteiger partial charge on any atom is 0.339 e. The van der Waals surface area contributed by atoms with Crippen molar-refractivity contribution < 1.29 is 57.2 Å². The average Bonchev–Trinajstić information content (AvgIpc) is 3.25. The number of carbonyl (C=O) groups excluding carboxylic acids is 6. The molecule has 3 atom stereocenters. The zero-order valence-corrected chi connectivity index (χ0v) is 39.5. The van der Waals surface area contributed by atoms with Crippen LogP contribution in [-0.2, 0) is 42.8 Å². The van der Waals surface area contributed by atoms with Crippen molar-refractivity contribution in [2.75, 3.05) is 19.8 Å². The highest BCUT2D eigenvalue weighted by Gasteiger charge is 2.24. The van der Waals surface area contributed by atoms with E-state index in [9.17, 15) is 28.8 Å². The van der Waals surface area contributed by atoms with Crippen LogP contribution < -0.4 is 0 Å². The van der Waals surface area contributed by atoms with Gasteiger partial charge in [0.25, 0.3) is 0 Å². The number of hydrogen-bond donors (Lipinski definition) is 0. The Morgan fingerprint density at radius 2 is 0.746 bits per heavy atom. The highest BCUT2D eigenvalue weighted by atomic mass is 16.6. The Morgan fingerprint density at radius 1 is 0.429 bits per heavy atom. The largest absolute Gasteiger partial charge is 0.462 e. The summed E-state index contributed by atoms with van der Waals surface area (Å²) >= 11 is 0. The number of benzene rings is 1. The minimum absolute atomic E-state index is 0.00296. The molecule has 0 saturated carbocycles. The lowest BCUT2D eigenvalue weighted by atomic mass is 10.0. The van der Waals surface area contributed by atoms with Crippen LogP contribution >= 0.6 is 0 Å². The normalized spacial score (nSPS) is 12.3. The van der Waals surface area contributed by atoms with Crippen molar-refractivity contribution in [2.24, 2.45) is 0 Å². The van der Waals surface area contributed by atoms with Crippen molar-refractivity contribution in [3.8, 4) is 0 Å². The molecule has 354 valence electrons. The summed E-state index contributed by atoms with van der Waals surface area (Å²) in [5.41, 5.74) is 0.711. The van der Waals surface area contributed by atoms with Gasteiger partial charge in [0.05, 0.1) is 36.5 Å². The molecule has 12 heteroatoms. The first-order valence-electron chi connectivity index (χ1n) is 23.4. The fourth-order valence-electron chi connectivity index (χ4n) is 6.62. The molecule has 0 aromatic heterocycles. The molecule has 0 N–H and O–H groups in total. The lowest BCUT2D eigenvalue weighted by Gasteiger charge is -2.19. The quantitative estimate of drug-likeness (QED) is 0.0272. The van der Waals surface area contributed by atoms with Crippen molar-refractivity contribution >= 4 is 35.8 Å². The third-order valence-electron chi connectivity index (χ3n) is 10.4. The predicted molar refractivity (Wildman–Crippen MR) is 245 cm³/mol. The van der Waals surface area contributed by atoms with Gasteiger partial charge in [-0.3, -0.25) is 0 Å². The van der Waals surface area contributed by atoms with Crippen LogP contribution in [0, 0.1) is 0 Å². The fraction of sp³-hybridized carbons (Fsp3) is 0.647. The molecule has 0 aliphatic rings. The Labute approximate surface area is 377 Å². The van der Waals surface area contributed by atoms with Crippen LogP contribution in [-0.4, -0.2) is 73.9 Å². The molecule has 0 radical (unpaired) electrons. The first-order valence-corrected chi connectivity index (χ1v) is 23.4. The summed E-state index contributed by atoms with van der Waals surface area (Å²) in [6, 6.07) is 4.00. The van der Waals surface area contributed by atoms with Gasteiger partial charge < -0.3 is 28.4 Å². The van der Waals surface area contributed by atoms with Gasteiger partial charge >= 0.3 is 35.8 Å². The van der Waals surface area contributed by atoms with Gasteiger partial charge in [0.15, 0.2) is 0 Å². The lowest BCUT2D eigenvalue weighted by molar-refractivity contribution is -0.146. The molecule has 0 saturated heterocycles. The molecule has 1 rings (SSSR count). The molecule has 3 unspecified atom stereocenters. The van der Waals surface area contributed by atoms with E-state index in [-0.39, 0.29) is 54.8 Å². The minimum Gasteiger partial charge on any atom is -0.462 e. The summed E-state index contributed by atoms with van der Waals surface area (Å²) in [5.74, 6) is -3.71. The standard InChI is InChI=1S/C51H78O12/c1-10-13-16-19-25-41(61-46(52)37(4)5)28-22-33-58-49(55)40-31-32-44(50(56)59-34-23-29-42(26-20-17-14-11-2)62-47(53)38(6)7)45(36-40)51(57)60-35-24-30-43(27-21-18-15-12-3)63-48(54)39(8)9/h31-32,36,41-43H,4,6,8,10-30,33-35H2,1-3,5,7,9H3. The highest BCUT2D eigenvalue weighted by Crippen LogP contribution is 2.21. The van der Waals surface area contributed by atoms with Crippen molar-refractivity contribution in [1.29, 1.82) is 0 Å². The molecule has 63 heavy (non-hydrogen) atoms. The summed E-state index contributed by atoms with van der Waals surface area (Å²) < 4.78 is 33.7. The van der Waals surface area contributed by atoms with Crippen LogP contribution in [0.2, 0.25) is 0 Å². The summed E-state index contributed by atoms with van der Waals surface area (Å²) in [6.45, 7) is 22.2. The van der Waals surface area contributed by atoms with E-state index >= 15 is 0 Å². The molecule has 0 aliphatic carbocycles. The van der Waals surface area contributed by atoms with Gasteiger partial charge in [-0.05, 0) is 116 Å². The van der Waals surface area contributed by atoms with E-state index in [1.54, 1.807) is 20.8 Å². The second kappa shape index (κ2) is 33.8. The van der Waals surface area contributed by atoms with E-state index in [4.69, 9.17) is 28.4 Å². The Balaban J connectivity index is 3.13. The number of carbonyl (C=O) groups is 6. The predicted octanol–water partition coefficient (Wildman–Crippen LogP) is 11.9. The topological polar surface area (TPSA) is 158 Å². The molecular weight excluding hydrogens is 805 g/mol. The molecule has 0 bridgehead atoms. The molecule has 12 nitrogen and oxygen atoms in total. The van der Waals surface area contributed by atoms with Gasteiger partial charge in [-0.2, -0.15) is 0 Å². The van der Waals surface area contributed by atoms with E-state index in [0.717, 1.165) is 77.0 Å². The molecule has 0 amide bonds. The SMILES string of the molecule is C=C(C)C(=O)OC(CCCCCC)CCCOC(=O)c1ccc(C(=O)OCCCC(CCCCCC)OC(=O)C(=C)C)c(C(=O)OCCCC(CCCCCC)OC(=O)C(=C)C)c1. The molecule has 0 spiro atoms. The van der Waals surface area contributed by atoms with Gasteiger partial charge in [-0.1, -0.05) is 98.3 Å². The number of hydrogen-bond acceptors (Lipinski definition) is 12. The van der Waals surface area contributed by atoms with E-state index in [2.05, 4.69) is 40.5 Å². The maximum atomic E-state index is 13.6. The Bertz CT molecular complexity index is 1610. The minimum atomic E-state index is -0.834. The zero-order chi connectivity index (χ0) is 47.0. The van der Waals surface area contributed by atoms with Gasteiger partial charge in [0.2, 0.25) is 0 Å². The van der Waals surface area contributed by atoms with Crippen molar-refractivity contribution in [3.05, 3.63) is 71.3 Å². The maximum absolute atomic E-state index is 13.6. The third-order valence-corrected chi connectivity index (χ3v) is 10.4. The smallest absolute Gasteiger partial charge is 0.339 e. The van der Waals surface area contributed by atoms with Gasteiger partial charge in [0, 0.05) is 16.7 Å². The van der Waals surface area contributed by atoms with Crippen LogP contribution in [0.3, 0.4) is 0 Å². The Kier molecular flexibility index (Phi) is 30.2. The number of esters is 6. The van der Waals surface area contributed by atoms with Crippen LogP contribution in [0.4, 0.5) is 0 Å². The summed E-state index contributed by atoms with van der Waals surface area (Å²) in [6.07, 6.45) is 15.8. The van der Waals surface area contributed by atoms with E-state index in [1.807, 2.05) is 0 Å². The lowest BCUT2D eigenvalue weighted by Crippen LogP contribution is -2.21. The zero-order valence-electron chi connectivity index (χ0n) is 39.5. The Morgan fingerprint density at radius 3 is 1.08 bits per heavy atom. The molecule has 1 aromatic carbocycles. The van der Waals surface area contributed by atoms with Crippen molar-refractivity contribution in [1.82, 2.24) is 0 Å². The molecular formula is C51H78O12. The number of rotatable bonds is 36. The summed E-state index contributed by atoms with van der Waals surface area (Å²) in [7, 11) is 0. The van der Waals surface area contributed by atoms with E-state index in [1.165, 1.54) is 18.2 Å². The monoisotopic (exact) mass is 883 g/mol. The van der Waals surface area contributed by atoms with Crippen LogP contribution in [0.1, 0.15) is 207 Å². The summed E-state index contributed by atoms with van der Waals surface area (Å²) in [4.78, 5) is 77.3. The summed E-state index contributed by atoms with van der Waals surface area (Å²) in [5, 5.41) is 0. The third kappa shape index (κ3) is 25.2. The first kappa shape index (κ1) is 56.3. The van der Waals surface area contributed by atoms with Gasteiger partial charge in [-0.15, -0.1) is 0 Å². The fourth-order valence-corrected chi connectivity index (χ4v) is 6.62. The highest BCUT2D eigenvalue weighted by molar-refractivity contribution is 6.05. The molecule has 0 fully saturated rings. The van der Waals surface area contributed by atoms with Crippen LogP contribution in [0.15, 0.2) is 54.7 Å². The molecule has 0 aliphatic heterocycles. The van der Waals surface area contributed by atoms with Crippen LogP contribution in [0.25, 0.3) is 0 Å². The number of unbranched alkanes of at least 4 members (excludes halogenated alkanes) is 9. The van der Waals surface area contributed by atoms with Gasteiger partial charge in [-0.25, -0.2) is 28.8 Å². The Hall–Kier alpha value is -4.74. The average molecular weight is 883 g/mol. The molecule has 0 heterocycles. The van der Waals surface area contributed by atoms with Crippen molar-refractivity contribution in [3.63, 3.8) is 0 Å². The van der Waals surface area contributed by atoms with Crippen LogP contribution in [0.5, 0.6) is 0 Å². The molecule has 1 aromatic rings. The first-order chi connectivity index (χ1) is 30.1. The second-order valence-electron chi connectivity index (χ2n) is 16.6. The van der Waals surface area contributed by atoms with E-state index in [0.29, 0.717) is 74.5 Å². The van der Waals surface area contributed by atoms with Crippen molar-refractivity contribution in [2.45, 2.75) is 195 Å². The second-order valence-corrected chi connectivity index (χ2v) is 16.6. The number of ether oxygens (including phenoxy) is 6. The van der Waals surface area contributed by atoms with E-state index < -0.39 is 35.8 Å². The van der Waals surface area contributed by atoms with Gasteiger partial charge in [0.1, 0.15) is 18.3 Å².